The van der Waals surface area contributed by atoms with E-state index in [2.05, 4.69) is 35.1 Å². The van der Waals surface area contributed by atoms with Crippen LogP contribution in [0.5, 0.6) is 23.1 Å². The van der Waals surface area contributed by atoms with Gasteiger partial charge >= 0.3 is 17.9 Å². The summed E-state index contributed by atoms with van der Waals surface area (Å²) >= 11 is 11.4. The number of benzene rings is 1. The average Bonchev–Trinajstić information content (AvgIpc) is 3.82. The molecule has 6 rings (SSSR count). The fourth-order valence-corrected chi connectivity index (χ4v) is 6.26. The van der Waals surface area contributed by atoms with Gasteiger partial charge in [-0.05, 0) is 69.2 Å². The molecule has 5 aromatic rings. The highest BCUT2D eigenvalue weighted by molar-refractivity contribution is 6.33. The van der Waals surface area contributed by atoms with Gasteiger partial charge in [0.25, 0.3) is 5.91 Å². The van der Waals surface area contributed by atoms with E-state index in [0.29, 0.717) is 41.5 Å². The lowest BCUT2D eigenvalue weighted by molar-refractivity contribution is 0.0350. The van der Waals surface area contributed by atoms with Crippen molar-refractivity contribution in [2.75, 3.05) is 48.2 Å². The first-order valence-corrected chi connectivity index (χ1v) is 19.3. The van der Waals surface area contributed by atoms with Crippen molar-refractivity contribution in [1.82, 2.24) is 40.1 Å². The Bertz CT molecular complexity index is 2270. The maximum atomic E-state index is 13.6. The standard InChI is InChI=1S/C23H26N6O5.C9H10ClNO3.C8H8ClNO3/c1-4-33-23(31)20-19(32-3)11-12-24-21(20)34-16-10-9-15(2)28(13-16)22(30)17-7-5-6-8-18(17)29-26-14-25-27-29;1-3-14-9(12)7-6(13-2)4-5-11-8(7)10;1-12-5-3-4-10-7(9)6(5)8(11)13-2/h5-8,11-12,14-16H,4,9-10,13H2,1-3H3;4-5H,3H2,1-2H3;3-4H,1-2H3/t15-,16-;;/m1../s1. The van der Waals surface area contributed by atoms with Gasteiger partial charge in [-0.25, -0.2) is 29.3 Å². The van der Waals surface area contributed by atoms with Crippen LogP contribution in [0.2, 0.25) is 10.3 Å². The van der Waals surface area contributed by atoms with Crippen LogP contribution >= 0.6 is 23.2 Å². The Balaban J connectivity index is 0.000000248. The molecule has 0 unspecified atom stereocenters. The van der Waals surface area contributed by atoms with Crippen molar-refractivity contribution in [2.24, 2.45) is 0 Å². The largest absolute Gasteiger partial charge is 0.496 e. The number of carbonyl (C=O) groups excluding carboxylic acids is 4. The van der Waals surface area contributed by atoms with Crippen LogP contribution in [-0.4, -0.2) is 124 Å². The van der Waals surface area contributed by atoms with Crippen molar-refractivity contribution < 1.29 is 52.3 Å². The van der Waals surface area contributed by atoms with Crippen molar-refractivity contribution >= 4 is 47.0 Å². The molecule has 19 nitrogen and oxygen atoms in total. The summed E-state index contributed by atoms with van der Waals surface area (Å²) in [5.41, 5.74) is 1.44. The van der Waals surface area contributed by atoms with Crippen LogP contribution < -0.4 is 18.9 Å². The molecule has 2 atom stereocenters. The molecule has 1 fully saturated rings. The van der Waals surface area contributed by atoms with Crippen LogP contribution in [0.15, 0.2) is 67.4 Å². The molecule has 0 saturated carbocycles. The molecule has 4 aromatic heterocycles. The number of para-hydroxylation sites is 1. The van der Waals surface area contributed by atoms with Gasteiger partial charge in [0.2, 0.25) is 5.88 Å². The zero-order chi connectivity index (χ0) is 44.5. The van der Waals surface area contributed by atoms with E-state index in [-0.39, 0.29) is 64.1 Å². The normalized spacial score (nSPS) is 14.1. The number of pyridine rings is 3. The van der Waals surface area contributed by atoms with Gasteiger partial charge in [0.15, 0.2) is 11.9 Å². The molecule has 324 valence electrons. The maximum Gasteiger partial charge on any atom is 0.347 e. The molecule has 0 spiro atoms. The van der Waals surface area contributed by atoms with Gasteiger partial charge in [0, 0.05) is 24.6 Å². The van der Waals surface area contributed by atoms with Gasteiger partial charge in [0.05, 0.1) is 53.8 Å². The predicted molar refractivity (Wildman–Crippen MR) is 219 cm³/mol. The molecule has 21 heteroatoms. The lowest BCUT2D eigenvalue weighted by Crippen LogP contribution is -2.49. The number of ether oxygens (including phenoxy) is 7. The quantitative estimate of drug-likeness (QED) is 0.0825. The third kappa shape index (κ3) is 12.0. The van der Waals surface area contributed by atoms with E-state index in [1.165, 1.54) is 64.2 Å². The van der Waals surface area contributed by atoms with Crippen LogP contribution in [0.25, 0.3) is 5.69 Å². The topological polar surface area (TPSA) is 218 Å². The molecule has 0 radical (unpaired) electrons. The number of halogens is 2. The Morgan fingerprint density at radius 3 is 1.80 bits per heavy atom. The Morgan fingerprint density at radius 1 is 0.721 bits per heavy atom. The maximum absolute atomic E-state index is 13.6. The molecule has 0 aliphatic carbocycles. The second-order valence-corrected chi connectivity index (χ2v) is 13.1. The molecule has 1 aliphatic heterocycles. The van der Waals surface area contributed by atoms with Crippen LogP contribution in [0.1, 0.15) is 75.0 Å². The number of tetrazole rings is 1. The third-order valence-electron chi connectivity index (χ3n) is 8.70. The van der Waals surface area contributed by atoms with Gasteiger partial charge in [-0.1, -0.05) is 35.3 Å². The summed E-state index contributed by atoms with van der Waals surface area (Å²) in [5, 5.41) is 11.9. The van der Waals surface area contributed by atoms with E-state index in [0.717, 1.165) is 6.42 Å². The first-order valence-electron chi connectivity index (χ1n) is 18.6. The van der Waals surface area contributed by atoms with Crippen molar-refractivity contribution in [3.8, 4) is 28.8 Å². The van der Waals surface area contributed by atoms with Crippen molar-refractivity contribution in [1.29, 1.82) is 0 Å². The Morgan fingerprint density at radius 2 is 1.26 bits per heavy atom. The van der Waals surface area contributed by atoms with Gasteiger partial charge in [-0.3, -0.25) is 4.79 Å². The number of hydrogen-bond acceptors (Lipinski definition) is 17. The fourth-order valence-electron chi connectivity index (χ4n) is 5.80. The minimum atomic E-state index is -0.575. The second kappa shape index (κ2) is 23.3. The van der Waals surface area contributed by atoms with Crippen molar-refractivity contribution in [3.05, 3.63) is 99.9 Å². The monoisotopic (exact) mass is 882 g/mol. The minimum Gasteiger partial charge on any atom is -0.496 e. The molecule has 61 heavy (non-hydrogen) atoms. The Kier molecular flexibility index (Phi) is 18.0. The van der Waals surface area contributed by atoms with E-state index in [9.17, 15) is 19.2 Å². The summed E-state index contributed by atoms with van der Waals surface area (Å²) in [6.45, 7) is 6.25. The number of likely N-dealkylation sites (tertiary alicyclic amines) is 1. The first-order chi connectivity index (χ1) is 29.4. The van der Waals surface area contributed by atoms with E-state index in [4.69, 9.17) is 51.6 Å². The van der Waals surface area contributed by atoms with Gasteiger partial charge in [-0.15, -0.1) is 15.0 Å². The van der Waals surface area contributed by atoms with E-state index < -0.39 is 17.9 Å². The highest BCUT2D eigenvalue weighted by Crippen LogP contribution is 2.31. The molecule has 1 aromatic carbocycles. The van der Waals surface area contributed by atoms with Crippen LogP contribution in [0.4, 0.5) is 0 Å². The predicted octanol–water partition coefficient (Wildman–Crippen LogP) is 5.77. The van der Waals surface area contributed by atoms with Crippen LogP contribution in [-0.2, 0) is 14.2 Å². The SMILES string of the molecule is CCOC(=O)c1c(OC)ccnc1Cl.CCOC(=O)c1c(OC)ccnc1O[C@@H]1CC[C@@H](C)N(C(=O)c2ccccc2-n2ncnn2)C1.COC(=O)c1c(OC)ccnc1Cl. The number of hydrogen-bond donors (Lipinski definition) is 0. The van der Waals surface area contributed by atoms with Crippen molar-refractivity contribution in [3.63, 3.8) is 0 Å². The van der Waals surface area contributed by atoms with E-state index >= 15 is 0 Å². The van der Waals surface area contributed by atoms with Crippen LogP contribution in [0.3, 0.4) is 0 Å². The number of nitrogens with zero attached hydrogens (tertiary/aromatic N) is 8. The van der Waals surface area contributed by atoms with Gasteiger partial charge < -0.3 is 38.1 Å². The van der Waals surface area contributed by atoms with Gasteiger partial charge in [-0.2, -0.15) is 0 Å². The fraction of sp³-hybridized carbons (Fsp3) is 0.350. The number of piperidine rings is 1. The Labute approximate surface area is 361 Å². The summed E-state index contributed by atoms with van der Waals surface area (Å²) in [7, 11) is 5.63. The summed E-state index contributed by atoms with van der Waals surface area (Å²) in [6.07, 6.45) is 6.78. The van der Waals surface area contributed by atoms with Crippen molar-refractivity contribution in [2.45, 2.75) is 45.8 Å². The average molecular weight is 884 g/mol. The lowest BCUT2D eigenvalue weighted by atomic mass is 9.99. The molecule has 0 N–H and O–H groups in total. The van der Waals surface area contributed by atoms with E-state index in [1.54, 1.807) is 49.1 Å². The number of carbonyl (C=O) groups is 4. The number of amides is 1. The highest BCUT2D eigenvalue weighted by atomic mass is 35.5. The zero-order valence-electron chi connectivity index (χ0n) is 34.4. The van der Waals surface area contributed by atoms with E-state index in [1.807, 2.05) is 13.0 Å². The number of methoxy groups -OCH3 is 4. The molecular formula is C40H44Cl2N8O11. The summed E-state index contributed by atoms with van der Waals surface area (Å²) in [6, 6.07) is 11.8. The molecule has 1 saturated heterocycles. The molecular weight excluding hydrogens is 839 g/mol. The molecule has 0 bridgehead atoms. The number of esters is 3. The minimum absolute atomic E-state index is 0.00749. The van der Waals surface area contributed by atoms with Gasteiger partial charge in [0.1, 0.15) is 50.5 Å². The zero-order valence-corrected chi connectivity index (χ0v) is 35.9. The number of aromatic nitrogens is 7. The molecule has 1 aliphatic rings. The summed E-state index contributed by atoms with van der Waals surface area (Å²) < 4.78 is 35.8. The third-order valence-corrected chi connectivity index (χ3v) is 9.27. The van der Waals surface area contributed by atoms with Crippen LogP contribution in [0, 0.1) is 0 Å². The lowest BCUT2D eigenvalue weighted by Gasteiger charge is -2.38. The second-order valence-electron chi connectivity index (χ2n) is 12.4. The smallest absolute Gasteiger partial charge is 0.347 e. The highest BCUT2D eigenvalue weighted by Gasteiger charge is 2.34. The Hall–Kier alpha value is -6.60. The molecule has 1 amide bonds. The summed E-state index contributed by atoms with van der Waals surface area (Å²) in [5.74, 6) is -0.675. The summed E-state index contributed by atoms with van der Waals surface area (Å²) in [4.78, 5) is 63.5. The first kappa shape index (κ1) is 47.1. The molecule has 5 heterocycles. The number of rotatable bonds is 12.